The zero-order valence-corrected chi connectivity index (χ0v) is 11.0. The maximum Gasteiger partial charge on any atom is 0.170 e. The van der Waals surface area contributed by atoms with Gasteiger partial charge in [0.2, 0.25) is 0 Å². The molecule has 17 heavy (non-hydrogen) atoms. The van der Waals surface area contributed by atoms with E-state index in [1.54, 1.807) is 7.11 Å². The number of aromatic nitrogens is 1. The van der Waals surface area contributed by atoms with E-state index in [4.69, 9.17) is 15.0 Å². The van der Waals surface area contributed by atoms with Crippen molar-refractivity contribution in [1.29, 1.82) is 0 Å². The average Bonchev–Trinajstić information content (AvgIpc) is 2.54. The summed E-state index contributed by atoms with van der Waals surface area (Å²) in [7, 11) is 1.78. The molecule has 0 radical (unpaired) electrons. The third-order valence-electron chi connectivity index (χ3n) is 3.69. The normalized spacial score (nSPS) is 18.4. The minimum Gasteiger partial charge on any atom is -0.381 e. The first-order valence-electron chi connectivity index (χ1n) is 6.34. The van der Waals surface area contributed by atoms with E-state index >= 15 is 0 Å². The van der Waals surface area contributed by atoms with E-state index in [2.05, 4.69) is 19.0 Å². The number of nitrogen functional groups attached to an aromatic ring is 1. The zero-order chi connectivity index (χ0) is 12.5. The summed E-state index contributed by atoms with van der Waals surface area (Å²) in [6.45, 7) is 4.34. The second-order valence-electron chi connectivity index (χ2n) is 5.48. The second-order valence-corrected chi connectivity index (χ2v) is 5.48. The van der Waals surface area contributed by atoms with E-state index in [-0.39, 0.29) is 5.60 Å². The van der Waals surface area contributed by atoms with E-state index < -0.39 is 0 Å². The Morgan fingerprint density at radius 1 is 1.47 bits per heavy atom. The Hall–Kier alpha value is -1.03. The Morgan fingerprint density at radius 2 is 2.18 bits per heavy atom. The van der Waals surface area contributed by atoms with Crippen molar-refractivity contribution in [3.63, 3.8) is 0 Å². The van der Waals surface area contributed by atoms with Gasteiger partial charge >= 0.3 is 0 Å². The Bertz CT molecular complexity index is 375. The maximum absolute atomic E-state index is 5.86. The van der Waals surface area contributed by atoms with Gasteiger partial charge in [0.1, 0.15) is 5.76 Å². The van der Waals surface area contributed by atoms with Crippen LogP contribution in [0.3, 0.4) is 0 Å². The van der Waals surface area contributed by atoms with E-state index in [1.165, 1.54) is 6.42 Å². The third kappa shape index (κ3) is 2.46. The van der Waals surface area contributed by atoms with Gasteiger partial charge in [-0.2, -0.15) is 0 Å². The molecule has 1 aliphatic carbocycles. The molecule has 1 fully saturated rings. The molecule has 2 N–H and O–H groups in total. The highest BCUT2D eigenvalue weighted by Gasteiger charge is 2.39. The van der Waals surface area contributed by atoms with Crippen LogP contribution < -0.4 is 5.73 Å². The predicted molar refractivity (Wildman–Crippen MR) is 66.8 cm³/mol. The maximum atomic E-state index is 5.86. The first kappa shape index (κ1) is 12.4. The summed E-state index contributed by atoms with van der Waals surface area (Å²) in [5.41, 5.74) is 6.91. The summed E-state index contributed by atoms with van der Waals surface area (Å²) in [4.78, 5) is 0. The van der Waals surface area contributed by atoms with Crippen LogP contribution in [-0.2, 0) is 17.6 Å². The number of hydrogen-bond acceptors (Lipinski definition) is 4. The number of anilines is 1. The fourth-order valence-electron chi connectivity index (χ4n) is 2.44. The lowest BCUT2D eigenvalue weighted by Gasteiger charge is -2.40. The summed E-state index contributed by atoms with van der Waals surface area (Å²) < 4.78 is 11.0. The van der Waals surface area contributed by atoms with E-state index in [1.807, 2.05) is 0 Å². The first-order valence-corrected chi connectivity index (χ1v) is 6.34. The van der Waals surface area contributed by atoms with Crippen molar-refractivity contribution in [3.8, 4) is 0 Å². The van der Waals surface area contributed by atoms with Crippen molar-refractivity contribution < 1.29 is 9.26 Å². The Kier molecular flexibility index (Phi) is 3.43. The van der Waals surface area contributed by atoms with Gasteiger partial charge in [-0.25, -0.2) is 0 Å². The molecule has 1 saturated carbocycles. The third-order valence-corrected chi connectivity index (χ3v) is 3.69. The van der Waals surface area contributed by atoms with Crippen molar-refractivity contribution in [1.82, 2.24) is 5.16 Å². The molecule has 4 nitrogen and oxygen atoms in total. The number of nitrogens with zero attached hydrogens (tertiary/aromatic N) is 1. The molecule has 0 aliphatic heterocycles. The molecule has 0 amide bonds. The first-order chi connectivity index (χ1) is 8.06. The van der Waals surface area contributed by atoms with E-state index in [0.717, 1.165) is 37.0 Å². The molecule has 2 rings (SSSR count). The quantitative estimate of drug-likeness (QED) is 0.856. The fourth-order valence-corrected chi connectivity index (χ4v) is 2.44. The van der Waals surface area contributed by atoms with Crippen LogP contribution in [0.4, 0.5) is 5.82 Å². The lowest BCUT2D eigenvalue weighted by Crippen LogP contribution is -2.41. The van der Waals surface area contributed by atoms with Crippen molar-refractivity contribution in [3.05, 3.63) is 11.3 Å². The van der Waals surface area contributed by atoms with Crippen molar-refractivity contribution in [2.75, 3.05) is 12.8 Å². The Labute approximate surface area is 102 Å². The Morgan fingerprint density at radius 3 is 2.65 bits per heavy atom. The van der Waals surface area contributed by atoms with Crippen LogP contribution in [0, 0.1) is 5.92 Å². The molecule has 1 aromatic rings. The van der Waals surface area contributed by atoms with Crippen LogP contribution in [-0.4, -0.2) is 17.9 Å². The van der Waals surface area contributed by atoms with Gasteiger partial charge in [-0.05, 0) is 31.6 Å². The monoisotopic (exact) mass is 238 g/mol. The topological polar surface area (TPSA) is 61.3 Å². The molecule has 0 saturated heterocycles. The number of rotatable bonds is 5. The minimum atomic E-state index is -0.0301. The molecule has 4 heteroatoms. The molecule has 0 atom stereocenters. The molecule has 1 heterocycles. The standard InChI is InChI=1S/C13H22N2O2/c1-9(2)7-10-11(17-15-12(10)14)8-13(16-3)5-4-6-13/h9H,4-8H2,1-3H3,(H2,14,15). The SMILES string of the molecule is COC1(Cc2onc(N)c2CC(C)C)CCC1. The van der Waals surface area contributed by atoms with Crippen molar-refractivity contribution >= 4 is 5.82 Å². The minimum absolute atomic E-state index is 0.0301. The van der Waals surface area contributed by atoms with Crippen molar-refractivity contribution in [2.24, 2.45) is 5.92 Å². The predicted octanol–water partition coefficient (Wildman–Crippen LogP) is 2.57. The smallest absolute Gasteiger partial charge is 0.170 e. The van der Waals surface area contributed by atoms with Crippen LogP contribution in [0.25, 0.3) is 0 Å². The largest absolute Gasteiger partial charge is 0.381 e. The van der Waals surface area contributed by atoms with Gasteiger partial charge in [0.15, 0.2) is 5.82 Å². The van der Waals surface area contributed by atoms with Gasteiger partial charge in [0.25, 0.3) is 0 Å². The zero-order valence-electron chi connectivity index (χ0n) is 11.0. The highest BCUT2D eigenvalue weighted by atomic mass is 16.5. The lowest BCUT2D eigenvalue weighted by molar-refractivity contribution is -0.0745. The van der Waals surface area contributed by atoms with Crippen LogP contribution in [0.15, 0.2) is 4.52 Å². The van der Waals surface area contributed by atoms with E-state index in [9.17, 15) is 0 Å². The second kappa shape index (κ2) is 4.69. The van der Waals surface area contributed by atoms with Crippen LogP contribution in [0.1, 0.15) is 44.4 Å². The molecule has 0 spiro atoms. The highest BCUT2D eigenvalue weighted by molar-refractivity contribution is 5.41. The molecule has 1 aliphatic rings. The number of ether oxygens (including phenoxy) is 1. The van der Waals surface area contributed by atoms with Gasteiger partial charge in [-0.3, -0.25) is 0 Å². The van der Waals surface area contributed by atoms with Gasteiger partial charge in [0.05, 0.1) is 5.60 Å². The van der Waals surface area contributed by atoms with Gasteiger partial charge in [-0.1, -0.05) is 19.0 Å². The average molecular weight is 238 g/mol. The molecule has 96 valence electrons. The van der Waals surface area contributed by atoms with Gasteiger partial charge in [-0.15, -0.1) is 0 Å². The Balaban J connectivity index is 2.15. The summed E-state index contributed by atoms with van der Waals surface area (Å²) in [6.07, 6.45) is 5.16. The fraction of sp³-hybridized carbons (Fsp3) is 0.769. The molecular formula is C13H22N2O2. The number of methoxy groups -OCH3 is 1. The van der Waals surface area contributed by atoms with Gasteiger partial charge < -0.3 is 15.0 Å². The molecule has 0 aromatic carbocycles. The molecule has 1 aromatic heterocycles. The van der Waals surface area contributed by atoms with Crippen LogP contribution >= 0.6 is 0 Å². The van der Waals surface area contributed by atoms with E-state index in [0.29, 0.717) is 11.7 Å². The summed E-state index contributed by atoms with van der Waals surface area (Å²) in [6, 6.07) is 0. The number of nitrogens with two attached hydrogens (primary N) is 1. The van der Waals surface area contributed by atoms with Crippen LogP contribution in [0.5, 0.6) is 0 Å². The molecule has 0 unspecified atom stereocenters. The lowest BCUT2D eigenvalue weighted by atomic mass is 9.76. The van der Waals surface area contributed by atoms with Crippen molar-refractivity contribution in [2.45, 2.75) is 51.6 Å². The summed E-state index contributed by atoms with van der Waals surface area (Å²) in [5.74, 6) is 2.01. The van der Waals surface area contributed by atoms with Crippen LogP contribution in [0.2, 0.25) is 0 Å². The molecular weight excluding hydrogens is 216 g/mol. The molecule has 0 bridgehead atoms. The number of hydrogen-bond donors (Lipinski definition) is 1. The summed E-state index contributed by atoms with van der Waals surface area (Å²) >= 11 is 0. The highest BCUT2D eigenvalue weighted by Crippen LogP contribution is 2.39. The summed E-state index contributed by atoms with van der Waals surface area (Å²) in [5, 5.41) is 3.89. The van der Waals surface area contributed by atoms with Gasteiger partial charge in [0, 0.05) is 19.1 Å².